The molecule has 0 fully saturated rings. The van der Waals surface area contributed by atoms with Crippen molar-refractivity contribution in [1.82, 2.24) is 4.90 Å². The number of carbonyl (C=O) groups is 1. The number of hydrogen-bond acceptors (Lipinski definition) is 2. The van der Waals surface area contributed by atoms with Gasteiger partial charge in [0.05, 0.1) is 10.6 Å². The summed E-state index contributed by atoms with van der Waals surface area (Å²) in [6, 6.07) is 12.4. The van der Waals surface area contributed by atoms with Gasteiger partial charge < -0.3 is 10.0 Å². The quantitative estimate of drug-likeness (QED) is 0.937. The van der Waals surface area contributed by atoms with E-state index in [4.69, 9.17) is 11.6 Å². The van der Waals surface area contributed by atoms with Gasteiger partial charge in [-0.1, -0.05) is 41.4 Å². The molecule has 0 radical (unpaired) electrons. The molecule has 0 saturated heterocycles. The molecule has 104 valence electrons. The molecule has 20 heavy (non-hydrogen) atoms. The van der Waals surface area contributed by atoms with Crippen LogP contribution in [0.15, 0.2) is 42.5 Å². The molecule has 0 aromatic heterocycles. The van der Waals surface area contributed by atoms with Crippen molar-refractivity contribution in [3.63, 3.8) is 0 Å². The number of amides is 1. The van der Waals surface area contributed by atoms with Crippen LogP contribution in [0.25, 0.3) is 0 Å². The fourth-order valence-electron chi connectivity index (χ4n) is 1.92. The Morgan fingerprint density at radius 2 is 1.85 bits per heavy atom. The molecule has 0 bridgehead atoms. The fourth-order valence-corrected chi connectivity index (χ4v) is 2.12. The highest BCUT2D eigenvalue weighted by molar-refractivity contribution is 6.33. The Hall–Kier alpha value is -2.00. The van der Waals surface area contributed by atoms with E-state index in [0.29, 0.717) is 17.1 Å². The Bertz CT molecular complexity index is 623. The molecule has 0 atom stereocenters. The molecule has 0 aliphatic heterocycles. The van der Waals surface area contributed by atoms with E-state index in [9.17, 15) is 9.90 Å². The molecule has 2 rings (SSSR count). The number of hydrogen-bond donors (Lipinski definition) is 1. The molecular formula is C16H16ClNO2. The van der Waals surface area contributed by atoms with Gasteiger partial charge in [-0.3, -0.25) is 4.79 Å². The molecule has 0 heterocycles. The standard InChI is InChI=1S/C16H16ClNO2/c1-11-3-5-12(6-4-11)10-18(2)16(20)14-9-13(19)7-8-15(14)17/h3-9,19H,10H2,1-2H3. The molecule has 4 heteroatoms. The summed E-state index contributed by atoms with van der Waals surface area (Å²) >= 11 is 6.00. The Morgan fingerprint density at radius 1 is 1.20 bits per heavy atom. The van der Waals surface area contributed by atoms with Crippen LogP contribution in [0.2, 0.25) is 5.02 Å². The maximum absolute atomic E-state index is 12.3. The third-order valence-electron chi connectivity index (χ3n) is 3.07. The van der Waals surface area contributed by atoms with Crippen molar-refractivity contribution in [1.29, 1.82) is 0 Å². The molecule has 0 unspecified atom stereocenters. The highest BCUT2D eigenvalue weighted by Gasteiger charge is 2.16. The Morgan fingerprint density at radius 3 is 2.50 bits per heavy atom. The average Bonchev–Trinajstić information content (AvgIpc) is 2.43. The molecule has 1 amide bonds. The van der Waals surface area contributed by atoms with Crippen LogP contribution >= 0.6 is 11.6 Å². The highest BCUT2D eigenvalue weighted by Crippen LogP contribution is 2.22. The van der Waals surface area contributed by atoms with Gasteiger partial charge in [0.25, 0.3) is 5.91 Å². The third-order valence-corrected chi connectivity index (χ3v) is 3.40. The number of nitrogens with zero attached hydrogens (tertiary/aromatic N) is 1. The van der Waals surface area contributed by atoms with Crippen molar-refractivity contribution >= 4 is 17.5 Å². The van der Waals surface area contributed by atoms with E-state index >= 15 is 0 Å². The second-order valence-corrected chi connectivity index (χ2v) is 5.22. The van der Waals surface area contributed by atoms with Crippen LogP contribution in [-0.4, -0.2) is 23.0 Å². The summed E-state index contributed by atoms with van der Waals surface area (Å²) in [4.78, 5) is 13.9. The average molecular weight is 290 g/mol. The summed E-state index contributed by atoms with van der Waals surface area (Å²) in [7, 11) is 1.71. The minimum atomic E-state index is -0.216. The van der Waals surface area contributed by atoms with Gasteiger partial charge in [-0.15, -0.1) is 0 Å². The number of carbonyl (C=O) groups excluding carboxylic acids is 1. The van der Waals surface area contributed by atoms with Gasteiger partial charge in [-0.2, -0.15) is 0 Å². The number of aromatic hydroxyl groups is 1. The lowest BCUT2D eigenvalue weighted by atomic mass is 10.1. The van der Waals surface area contributed by atoms with Gasteiger partial charge in [0, 0.05) is 13.6 Å². The first-order valence-corrected chi connectivity index (χ1v) is 6.64. The minimum absolute atomic E-state index is 0.0292. The second-order valence-electron chi connectivity index (χ2n) is 4.81. The number of phenols is 1. The smallest absolute Gasteiger partial charge is 0.255 e. The zero-order valence-corrected chi connectivity index (χ0v) is 12.2. The van der Waals surface area contributed by atoms with E-state index in [1.54, 1.807) is 11.9 Å². The Labute approximate surface area is 123 Å². The van der Waals surface area contributed by atoms with E-state index in [1.807, 2.05) is 31.2 Å². The summed E-state index contributed by atoms with van der Waals surface area (Å²) in [5.41, 5.74) is 2.53. The summed E-state index contributed by atoms with van der Waals surface area (Å²) < 4.78 is 0. The first kappa shape index (κ1) is 14.4. The van der Waals surface area contributed by atoms with E-state index < -0.39 is 0 Å². The van der Waals surface area contributed by atoms with Crippen LogP contribution in [0.3, 0.4) is 0 Å². The fraction of sp³-hybridized carbons (Fsp3) is 0.188. The van der Waals surface area contributed by atoms with E-state index in [0.717, 1.165) is 5.56 Å². The first-order valence-electron chi connectivity index (χ1n) is 6.27. The lowest BCUT2D eigenvalue weighted by Gasteiger charge is -2.18. The van der Waals surface area contributed by atoms with Gasteiger partial charge >= 0.3 is 0 Å². The predicted molar refractivity (Wildman–Crippen MR) is 80.1 cm³/mol. The molecule has 0 spiro atoms. The number of halogens is 1. The van der Waals surface area contributed by atoms with Crippen LogP contribution in [0.5, 0.6) is 5.75 Å². The number of phenolic OH excluding ortho intramolecular Hbond substituents is 1. The number of benzene rings is 2. The van der Waals surface area contributed by atoms with Crippen LogP contribution < -0.4 is 0 Å². The zero-order chi connectivity index (χ0) is 14.7. The maximum Gasteiger partial charge on any atom is 0.255 e. The normalized spacial score (nSPS) is 10.3. The Kier molecular flexibility index (Phi) is 4.30. The molecule has 0 saturated carbocycles. The van der Waals surface area contributed by atoms with E-state index in [-0.39, 0.29) is 11.7 Å². The maximum atomic E-state index is 12.3. The van der Waals surface area contributed by atoms with Gasteiger partial charge in [-0.25, -0.2) is 0 Å². The SMILES string of the molecule is Cc1ccc(CN(C)C(=O)c2cc(O)ccc2Cl)cc1. The van der Waals surface area contributed by atoms with Gasteiger partial charge in [0.2, 0.25) is 0 Å². The zero-order valence-electron chi connectivity index (χ0n) is 11.4. The Balaban J connectivity index is 2.16. The van der Waals surface area contributed by atoms with Crippen molar-refractivity contribution in [3.8, 4) is 5.75 Å². The number of rotatable bonds is 3. The van der Waals surface area contributed by atoms with Crippen molar-refractivity contribution in [2.75, 3.05) is 7.05 Å². The topological polar surface area (TPSA) is 40.5 Å². The first-order chi connectivity index (χ1) is 9.47. The molecule has 1 N–H and O–H groups in total. The van der Waals surface area contributed by atoms with Crippen molar-refractivity contribution < 1.29 is 9.90 Å². The largest absolute Gasteiger partial charge is 0.508 e. The molecule has 2 aromatic rings. The van der Waals surface area contributed by atoms with Crippen molar-refractivity contribution in [2.24, 2.45) is 0 Å². The molecule has 0 aliphatic carbocycles. The van der Waals surface area contributed by atoms with Crippen LogP contribution in [0.1, 0.15) is 21.5 Å². The lowest BCUT2D eigenvalue weighted by Crippen LogP contribution is -2.26. The van der Waals surface area contributed by atoms with Gasteiger partial charge in [0.15, 0.2) is 0 Å². The minimum Gasteiger partial charge on any atom is -0.508 e. The van der Waals surface area contributed by atoms with Gasteiger partial charge in [0.1, 0.15) is 5.75 Å². The molecule has 0 aliphatic rings. The van der Waals surface area contributed by atoms with E-state index in [2.05, 4.69) is 0 Å². The van der Waals surface area contributed by atoms with Crippen LogP contribution in [0.4, 0.5) is 0 Å². The number of aryl methyl sites for hydroxylation is 1. The molecule has 2 aromatic carbocycles. The van der Waals surface area contributed by atoms with E-state index in [1.165, 1.54) is 23.8 Å². The van der Waals surface area contributed by atoms with Crippen LogP contribution in [-0.2, 0) is 6.54 Å². The molecular weight excluding hydrogens is 274 g/mol. The predicted octanol–water partition coefficient (Wildman–Crippen LogP) is 3.63. The molecule has 3 nitrogen and oxygen atoms in total. The van der Waals surface area contributed by atoms with Crippen molar-refractivity contribution in [2.45, 2.75) is 13.5 Å². The lowest BCUT2D eigenvalue weighted by molar-refractivity contribution is 0.0785. The van der Waals surface area contributed by atoms with Crippen molar-refractivity contribution in [3.05, 3.63) is 64.2 Å². The monoisotopic (exact) mass is 289 g/mol. The highest BCUT2D eigenvalue weighted by atomic mass is 35.5. The summed E-state index contributed by atoms with van der Waals surface area (Å²) in [6.07, 6.45) is 0. The summed E-state index contributed by atoms with van der Waals surface area (Å²) in [6.45, 7) is 2.51. The summed E-state index contributed by atoms with van der Waals surface area (Å²) in [5, 5.41) is 9.80. The van der Waals surface area contributed by atoms with Crippen LogP contribution in [0, 0.1) is 6.92 Å². The van der Waals surface area contributed by atoms with Gasteiger partial charge in [-0.05, 0) is 30.7 Å². The second kappa shape index (κ2) is 5.97. The third kappa shape index (κ3) is 3.31. The summed E-state index contributed by atoms with van der Waals surface area (Å²) in [5.74, 6) is -0.187.